The van der Waals surface area contributed by atoms with Crippen LogP contribution in [0.4, 0.5) is 0 Å². The van der Waals surface area contributed by atoms with Gasteiger partial charge >= 0.3 is 0 Å². The third kappa shape index (κ3) is 4.48. The topological polar surface area (TPSA) is 67.1 Å². The van der Waals surface area contributed by atoms with Gasteiger partial charge in [0, 0.05) is 25.6 Å². The van der Waals surface area contributed by atoms with E-state index in [0.29, 0.717) is 6.04 Å². The Morgan fingerprint density at radius 1 is 1.29 bits per heavy atom. The Balaban J connectivity index is 1.47. The summed E-state index contributed by atoms with van der Waals surface area (Å²) in [6, 6.07) is 0.631. The Morgan fingerprint density at radius 3 is 2.88 bits per heavy atom. The Morgan fingerprint density at radius 2 is 2.12 bits per heavy atom. The summed E-state index contributed by atoms with van der Waals surface area (Å²) in [5, 5.41) is 15.1. The average molecular weight is 332 g/mol. The number of hydrogen-bond donors (Lipinski definition) is 2. The number of nitrogens with zero attached hydrogens (tertiary/aromatic N) is 4. The van der Waals surface area contributed by atoms with Gasteiger partial charge in [-0.1, -0.05) is 39.0 Å². The van der Waals surface area contributed by atoms with Crippen molar-refractivity contribution in [1.29, 1.82) is 0 Å². The van der Waals surface area contributed by atoms with Crippen LogP contribution in [0, 0.1) is 11.8 Å². The molecule has 2 aliphatic carbocycles. The zero-order valence-electron chi connectivity index (χ0n) is 15.2. The van der Waals surface area contributed by atoms with Crippen molar-refractivity contribution in [2.75, 3.05) is 13.1 Å². The first-order valence-electron chi connectivity index (χ1n) is 9.73. The fourth-order valence-corrected chi connectivity index (χ4v) is 3.97. The number of rotatable bonds is 7. The smallest absolute Gasteiger partial charge is 0.191 e. The van der Waals surface area contributed by atoms with Gasteiger partial charge in [-0.15, -0.1) is 10.2 Å². The van der Waals surface area contributed by atoms with E-state index < -0.39 is 0 Å². The van der Waals surface area contributed by atoms with Crippen LogP contribution < -0.4 is 10.6 Å². The molecular formula is C18H32N6. The predicted molar refractivity (Wildman–Crippen MR) is 97.0 cm³/mol. The molecule has 1 heterocycles. The number of nitrogens with one attached hydrogen (secondary N) is 2. The molecule has 2 aliphatic rings. The van der Waals surface area contributed by atoms with E-state index in [0.717, 1.165) is 49.7 Å². The summed E-state index contributed by atoms with van der Waals surface area (Å²) in [5.74, 6) is 3.82. The SMILES string of the molecule is CCNC(=NCCn1cnnc1CC)NC1CC1C1CCCCC1. The van der Waals surface area contributed by atoms with E-state index in [-0.39, 0.29) is 0 Å². The summed E-state index contributed by atoms with van der Waals surface area (Å²) >= 11 is 0. The molecule has 0 amide bonds. The second-order valence-electron chi connectivity index (χ2n) is 7.10. The van der Waals surface area contributed by atoms with Gasteiger partial charge in [0.1, 0.15) is 12.2 Å². The number of aliphatic imine (C=N–C) groups is 1. The second-order valence-corrected chi connectivity index (χ2v) is 7.10. The van der Waals surface area contributed by atoms with Gasteiger partial charge < -0.3 is 15.2 Å². The molecule has 0 radical (unpaired) electrons. The summed E-state index contributed by atoms with van der Waals surface area (Å²) in [6.07, 6.45) is 11.2. The van der Waals surface area contributed by atoms with Crippen LogP contribution in [-0.2, 0) is 13.0 Å². The molecule has 0 spiro atoms. The van der Waals surface area contributed by atoms with E-state index in [9.17, 15) is 0 Å². The van der Waals surface area contributed by atoms with Gasteiger partial charge in [-0.25, -0.2) is 0 Å². The van der Waals surface area contributed by atoms with Crippen molar-refractivity contribution in [3.63, 3.8) is 0 Å². The molecule has 0 aromatic carbocycles. The molecule has 2 N–H and O–H groups in total. The first-order valence-corrected chi connectivity index (χ1v) is 9.73. The molecule has 1 aromatic rings. The van der Waals surface area contributed by atoms with Gasteiger partial charge in [-0.3, -0.25) is 4.99 Å². The Bertz CT molecular complexity index is 531. The fraction of sp³-hybridized carbons (Fsp3) is 0.833. The summed E-state index contributed by atoms with van der Waals surface area (Å²) in [5.41, 5.74) is 0. The highest BCUT2D eigenvalue weighted by Gasteiger charge is 2.43. The van der Waals surface area contributed by atoms with Crippen molar-refractivity contribution in [2.45, 2.75) is 71.4 Å². The zero-order valence-corrected chi connectivity index (χ0v) is 15.2. The fourth-order valence-electron chi connectivity index (χ4n) is 3.97. The monoisotopic (exact) mass is 332 g/mol. The van der Waals surface area contributed by atoms with Crippen LogP contribution in [0.15, 0.2) is 11.3 Å². The van der Waals surface area contributed by atoms with Gasteiger partial charge in [0.15, 0.2) is 5.96 Å². The lowest BCUT2D eigenvalue weighted by molar-refractivity contribution is 0.315. The van der Waals surface area contributed by atoms with Crippen LogP contribution in [0.1, 0.15) is 58.2 Å². The summed E-state index contributed by atoms with van der Waals surface area (Å²) < 4.78 is 2.09. The Kier molecular flexibility index (Phi) is 6.10. The minimum Gasteiger partial charge on any atom is -0.357 e. The molecule has 1 aromatic heterocycles. The van der Waals surface area contributed by atoms with E-state index >= 15 is 0 Å². The normalized spacial score (nSPS) is 24.8. The number of aryl methyl sites for hydroxylation is 1. The highest BCUT2D eigenvalue weighted by molar-refractivity contribution is 5.80. The molecule has 24 heavy (non-hydrogen) atoms. The molecular weight excluding hydrogens is 300 g/mol. The molecule has 0 aliphatic heterocycles. The van der Waals surface area contributed by atoms with Gasteiger partial charge in [-0.2, -0.15) is 0 Å². The lowest BCUT2D eigenvalue weighted by Crippen LogP contribution is -2.39. The number of aromatic nitrogens is 3. The minimum absolute atomic E-state index is 0.631. The first kappa shape index (κ1) is 17.2. The maximum atomic E-state index is 4.74. The summed E-state index contributed by atoms with van der Waals surface area (Å²) in [7, 11) is 0. The van der Waals surface area contributed by atoms with Crippen molar-refractivity contribution >= 4 is 5.96 Å². The van der Waals surface area contributed by atoms with Crippen LogP contribution in [0.3, 0.4) is 0 Å². The van der Waals surface area contributed by atoms with E-state index in [1.165, 1.54) is 38.5 Å². The maximum absolute atomic E-state index is 4.74. The molecule has 134 valence electrons. The van der Waals surface area contributed by atoms with E-state index in [4.69, 9.17) is 4.99 Å². The van der Waals surface area contributed by atoms with Gasteiger partial charge in [0.05, 0.1) is 6.54 Å². The van der Waals surface area contributed by atoms with Crippen molar-refractivity contribution < 1.29 is 0 Å². The van der Waals surface area contributed by atoms with Crippen LogP contribution in [0.5, 0.6) is 0 Å². The van der Waals surface area contributed by atoms with Gasteiger partial charge in [-0.05, 0) is 25.2 Å². The van der Waals surface area contributed by atoms with Crippen LogP contribution >= 0.6 is 0 Å². The third-order valence-corrected chi connectivity index (χ3v) is 5.38. The van der Waals surface area contributed by atoms with E-state index in [2.05, 4.69) is 39.2 Å². The molecule has 6 nitrogen and oxygen atoms in total. The van der Waals surface area contributed by atoms with E-state index in [1.54, 1.807) is 6.33 Å². The largest absolute Gasteiger partial charge is 0.357 e. The highest BCUT2D eigenvalue weighted by atomic mass is 15.3. The van der Waals surface area contributed by atoms with Crippen LogP contribution in [-0.4, -0.2) is 39.9 Å². The molecule has 2 atom stereocenters. The highest BCUT2D eigenvalue weighted by Crippen LogP contribution is 2.44. The summed E-state index contributed by atoms with van der Waals surface area (Å²) in [4.78, 5) is 4.74. The third-order valence-electron chi connectivity index (χ3n) is 5.38. The molecule has 2 fully saturated rings. The number of guanidine groups is 1. The molecule has 0 bridgehead atoms. The van der Waals surface area contributed by atoms with Crippen LogP contribution in [0.2, 0.25) is 0 Å². The quantitative estimate of drug-likeness (QED) is 0.594. The molecule has 2 unspecified atom stereocenters. The van der Waals surface area contributed by atoms with Gasteiger partial charge in [0.25, 0.3) is 0 Å². The number of hydrogen-bond acceptors (Lipinski definition) is 3. The second kappa shape index (κ2) is 8.49. The van der Waals surface area contributed by atoms with Crippen molar-refractivity contribution in [2.24, 2.45) is 16.8 Å². The minimum atomic E-state index is 0.631. The van der Waals surface area contributed by atoms with Crippen molar-refractivity contribution in [3.8, 4) is 0 Å². The Labute approximate surface area is 145 Å². The summed E-state index contributed by atoms with van der Waals surface area (Å²) in [6.45, 7) is 6.72. The molecule has 0 saturated heterocycles. The zero-order chi connectivity index (χ0) is 16.8. The van der Waals surface area contributed by atoms with Crippen molar-refractivity contribution in [1.82, 2.24) is 25.4 Å². The lowest BCUT2D eigenvalue weighted by atomic mass is 9.85. The van der Waals surface area contributed by atoms with Crippen LogP contribution in [0.25, 0.3) is 0 Å². The molecule has 3 rings (SSSR count). The predicted octanol–water partition coefficient (Wildman–Crippen LogP) is 2.36. The van der Waals surface area contributed by atoms with Gasteiger partial charge in [0.2, 0.25) is 0 Å². The van der Waals surface area contributed by atoms with Crippen molar-refractivity contribution in [3.05, 3.63) is 12.2 Å². The maximum Gasteiger partial charge on any atom is 0.191 e. The standard InChI is InChI=1S/C18H32N6/c1-3-17-23-21-13-24(17)11-10-20-18(19-4-2)22-16-12-15(16)14-8-6-5-7-9-14/h13-16H,3-12H2,1-2H3,(H2,19,20,22). The molecule has 6 heteroatoms. The Hall–Kier alpha value is -1.59. The lowest BCUT2D eigenvalue weighted by Gasteiger charge is -2.22. The first-order chi connectivity index (χ1) is 11.8. The average Bonchev–Trinajstić information content (AvgIpc) is 3.23. The molecule has 2 saturated carbocycles. The van der Waals surface area contributed by atoms with E-state index in [1.807, 2.05) is 0 Å².